The van der Waals surface area contributed by atoms with E-state index in [1.807, 2.05) is 6.07 Å². The molecule has 1 amide bonds. The Morgan fingerprint density at radius 1 is 1.00 bits per heavy atom. The zero-order valence-corrected chi connectivity index (χ0v) is 21.2. The quantitative estimate of drug-likeness (QED) is 0.243. The van der Waals surface area contributed by atoms with Crippen LogP contribution in [0.2, 0.25) is 0 Å². The number of hydrogen-bond acceptors (Lipinski definition) is 8. The molecule has 202 valence electrons. The zero-order chi connectivity index (χ0) is 27.2. The molecule has 2 aromatic carbocycles. The Kier molecular flexibility index (Phi) is 11.4. The smallest absolute Gasteiger partial charge is 0.406 e. The molecular weight excluding hydrogens is 521 g/mol. The third-order valence-electron chi connectivity index (χ3n) is 4.82. The largest absolute Gasteiger partial charge is 0.573 e. The third-order valence-corrected chi connectivity index (χ3v) is 5.45. The van der Waals surface area contributed by atoms with Gasteiger partial charge in [0.05, 0.1) is 32.1 Å². The molecule has 0 unspecified atom stereocenters. The maximum Gasteiger partial charge on any atom is 0.573 e. The van der Waals surface area contributed by atoms with Gasteiger partial charge in [-0.25, -0.2) is 9.97 Å². The lowest BCUT2D eigenvalue weighted by Gasteiger charge is -2.11. The van der Waals surface area contributed by atoms with Gasteiger partial charge in [0, 0.05) is 35.2 Å². The second-order valence-electron chi connectivity index (χ2n) is 7.58. The first-order valence-corrected chi connectivity index (χ1v) is 12.6. The van der Waals surface area contributed by atoms with E-state index >= 15 is 0 Å². The first-order chi connectivity index (χ1) is 18.3. The van der Waals surface area contributed by atoms with E-state index in [4.69, 9.17) is 9.47 Å². The number of rotatable bonds is 15. The van der Waals surface area contributed by atoms with Crippen molar-refractivity contribution in [1.82, 2.24) is 15.3 Å². The second kappa shape index (κ2) is 15.0. The van der Waals surface area contributed by atoms with Gasteiger partial charge in [-0.1, -0.05) is 18.7 Å². The summed E-state index contributed by atoms with van der Waals surface area (Å²) in [5.74, 6) is 0.705. The van der Waals surface area contributed by atoms with Crippen molar-refractivity contribution in [3.63, 3.8) is 0 Å². The summed E-state index contributed by atoms with van der Waals surface area (Å²) in [6.07, 6.45) is -3.40. The monoisotopic (exact) mass is 548 g/mol. The predicted octanol–water partition coefficient (Wildman–Crippen LogP) is 5.43. The fourth-order valence-electron chi connectivity index (χ4n) is 3.14. The van der Waals surface area contributed by atoms with Gasteiger partial charge in [-0.05, 0) is 41.8 Å². The van der Waals surface area contributed by atoms with Crippen molar-refractivity contribution in [3.05, 3.63) is 78.5 Å². The van der Waals surface area contributed by atoms with Crippen molar-refractivity contribution < 1.29 is 32.2 Å². The fraction of sp³-hybridized carbons (Fsp3) is 0.269. The number of benzene rings is 2. The number of carbonyl (C=O) groups is 1. The van der Waals surface area contributed by atoms with Gasteiger partial charge in [-0.2, -0.15) is 0 Å². The molecule has 38 heavy (non-hydrogen) atoms. The highest BCUT2D eigenvalue weighted by Crippen LogP contribution is 2.26. The Labute approximate surface area is 222 Å². The molecule has 0 saturated heterocycles. The van der Waals surface area contributed by atoms with E-state index in [-0.39, 0.29) is 11.7 Å². The minimum atomic E-state index is -4.75. The average Bonchev–Trinajstić information content (AvgIpc) is 2.90. The Balaban J connectivity index is 1.49. The van der Waals surface area contributed by atoms with Crippen LogP contribution in [0.3, 0.4) is 0 Å². The molecule has 0 aliphatic carbocycles. The molecule has 0 aliphatic rings. The van der Waals surface area contributed by atoms with Crippen LogP contribution in [0.25, 0.3) is 11.3 Å². The second-order valence-corrected chi connectivity index (χ2v) is 8.66. The topological polar surface area (TPSA) is 94.6 Å². The standard InChI is InChI=1S/C26H27F3N4O4S/c1-2-38-15-14-36-13-12-35-11-10-30-25(34)20-5-3-4-19(16-20)23-17-24(32-18-31-23)33-21-6-8-22(9-7-21)37-26(27,28)29/h2-9,16-18H,1,10-15H2,(H,30,34)(H,31,32,33). The molecule has 1 aromatic heterocycles. The minimum Gasteiger partial charge on any atom is -0.406 e. The molecular formula is C26H27F3N4O4S. The number of aromatic nitrogens is 2. The third kappa shape index (κ3) is 10.4. The van der Waals surface area contributed by atoms with Crippen molar-refractivity contribution in [2.45, 2.75) is 6.36 Å². The average molecular weight is 549 g/mol. The van der Waals surface area contributed by atoms with E-state index in [0.717, 1.165) is 5.75 Å². The molecule has 0 saturated carbocycles. The van der Waals surface area contributed by atoms with Crippen LogP contribution in [0, 0.1) is 0 Å². The van der Waals surface area contributed by atoms with Crippen molar-refractivity contribution >= 4 is 29.2 Å². The van der Waals surface area contributed by atoms with Gasteiger partial charge in [-0.15, -0.1) is 24.9 Å². The van der Waals surface area contributed by atoms with Crippen LogP contribution in [0.1, 0.15) is 10.4 Å². The van der Waals surface area contributed by atoms with Gasteiger partial charge < -0.3 is 24.8 Å². The number of anilines is 2. The van der Waals surface area contributed by atoms with Crippen LogP contribution in [0.15, 0.2) is 72.9 Å². The molecule has 3 aromatic rings. The number of amides is 1. The number of ether oxygens (including phenoxy) is 3. The molecule has 0 radical (unpaired) electrons. The Morgan fingerprint density at radius 3 is 2.50 bits per heavy atom. The van der Waals surface area contributed by atoms with Gasteiger partial charge in [0.1, 0.15) is 17.9 Å². The van der Waals surface area contributed by atoms with Crippen LogP contribution in [0.4, 0.5) is 24.7 Å². The van der Waals surface area contributed by atoms with E-state index in [9.17, 15) is 18.0 Å². The Bertz CT molecular complexity index is 1180. The lowest BCUT2D eigenvalue weighted by atomic mass is 10.1. The minimum absolute atomic E-state index is 0.248. The van der Waals surface area contributed by atoms with Gasteiger partial charge in [0.15, 0.2) is 0 Å². The predicted molar refractivity (Wildman–Crippen MR) is 141 cm³/mol. The number of carbonyl (C=O) groups excluding carboxylic acids is 1. The molecule has 3 rings (SSSR count). The SMILES string of the molecule is C=CSCCOCCOCCNC(=O)c1cccc(-c2cc(Nc3ccc(OC(F)(F)F)cc3)ncn2)c1. The molecule has 1 heterocycles. The highest BCUT2D eigenvalue weighted by molar-refractivity contribution is 8.02. The van der Waals surface area contributed by atoms with E-state index in [2.05, 4.69) is 31.9 Å². The summed E-state index contributed by atoms with van der Waals surface area (Å²) >= 11 is 1.59. The molecule has 0 aliphatic heterocycles. The first-order valence-electron chi connectivity index (χ1n) is 11.6. The van der Waals surface area contributed by atoms with Crippen LogP contribution >= 0.6 is 11.8 Å². The molecule has 0 fully saturated rings. The number of alkyl halides is 3. The van der Waals surface area contributed by atoms with E-state index in [0.29, 0.717) is 61.3 Å². The van der Waals surface area contributed by atoms with Crippen LogP contribution in [-0.2, 0) is 9.47 Å². The summed E-state index contributed by atoms with van der Waals surface area (Å²) in [6.45, 7) is 5.90. The van der Waals surface area contributed by atoms with Crippen molar-refractivity contribution in [3.8, 4) is 17.0 Å². The maximum atomic E-state index is 12.6. The van der Waals surface area contributed by atoms with E-state index in [1.165, 1.54) is 30.6 Å². The summed E-state index contributed by atoms with van der Waals surface area (Å²) in [7, 11) is 0. The van der Waals surface area contributed by atoms with Crippen molar-refractivity contribution in [2.24, 2.45) is 0 Å². The molecule has 2 N–H and O–H groups in total. The van der Waals surface area contributed by atoms with Crippen molar-refractivity contribution in [1.29, 1.82) is 0 Å². The van der Waals surface area contributed by atoms with Crippen molar-refractivity contribution in [2.75, 3.05) is 44.0 Å². The number of thioether (sulfide) groups is 1. The lowest BCUT2D eigenvalue weighted by Crippen LogP contribution is -2.27. The van der Waals surface area contributed by atoms with Gasteiger partial charge in [-0.3, -0.25) is 4.79 Å². The lowest BCUT2D eigenvalue weighted by molar-refractivity contribution is -0.274. The van der Waals surface area contributed by atoms with Gasteiger partial charge in [0.25, 0.3) is 5.91 Å². The van der Waals surface area contributed by atoms with Crippen LogP contribution in [0.5, 0.6) is 5.75 Å². The summed E-state index contributed by atoms with van der Waals surface area (Å²) < 4.78 is 51.8. The summed E-state index contributed by atoms with van der Waals surface area (Å²) in [4.78, 5) is 21.0. The number of nitrogens with zero attached hydrogens (tertiary/aromatic N) is 2. The fourth-order valence-corrected chi connectivity index (χ4v) is 3.52. The summed E-state index contributed by atoms with van der Waals surface area (Å²) in [5, 5.41) is 7.59. The van der Waals surface area contributed by atoms with E-state index < -0.39 is 6.36 Å². The molecule has 0 spiro atoms. The highest BCUT2D eigenvalue weighted by Gasteiger charge is 2.30. The highest BCUT2D eigenvalue weighted by atomic mass is 32.2. The normalized spacial score (nSPS) is 11.1. The Hall–Kier alpha value is -3.61. The van der Waals surface area contributed by atoms with Gasteiger partial charge >= 0.3 is 6.36 Å². The zero-order valence-electron chi connectivity index (χ0n) is 20.4. The molecule has 0 atom stereocenters. The summed E-state index contributed by atoms with van der Waals surface area (Å²) in [6, 6.07) is 13.9. The van der Waals surface area contributed by atoms with Gasteiger partial charge in [0.2, 0.25) is 0 Å². The molecule has 8 nitrogen and oxygen atoms in total. The van der Waals surface area contributed by atoms with E-state index in [1.54, 1.807) is 41.4 Å². The molecule has 12 heteroatoms. The number of nitrogens with one attached hydrogen (secondary N) is 2. The number of halogens is 3. The van der Waals surface area contributed by atoms with Crippen LogP contribution in [-0.4, -0.2) is 61.0 Å². The first kappa shape index (κ1) is 29.0. The van der Waals surface area contributed by atoms with Crippen LogP contribution < -0.4 is 15.4 Å². The number of hydrogen-bond donors (Lipinski definition) is 2. The molecule has 0 bridgehead atoms. The maximum absolute atomic E-state index is 12.6. The Morgan fingerprint density at radius 2 is 1.76 bits per heavy atom. The summed E-state index contributed by atoms with van der Waals surface area (Å²) in [5.41, 5.74) is 2.22.